The van der Waals surface area contributed by atoms with Crippen LogP contribution in [-0.2, 0) is 0 Å². The quantitative estimate of drug-likeness (QED) is 0.143. The maximum atomic E-state index is 5.35. The molecule has 66 heavy (non-hydrogen) atoms. The van der Waals surface area contributed by atoms with Gasteiger partial charge in [0.05, 0.1) is 22.8 Å². The average molecular weight is 839 g/mol. The van der Waals surface area contributed by atoms with Crippen molar-refractivity contribution in [2.24, 2.45) is 0 Å². The van der Waals surface area contributed by atoms with Gasteiger partial charge in [0.15, 0.2) is 0 Å². The summed E-state index contributed by atoms with van der Waals surface area (Å²) in [5.74, 6) is 0. The van der Waals surface area contributed by atoms with Crippen LogP contribution in [0.1, 0.15) is 0 Å². The van der Waals surface area contributed by atoms with Gasteiger partial charge >= 0.3 is 0 Å². The van der Waals surface area contributed by atoms with E-state index >= 15 is 0 Å². The first-order valence-corrected chi connectivity index (χ1v) is 22.6. The molecule has 0 aliphatic rings. The van der Waals surface area contributed by atoms with Crippen molar-refractivity contribution in [3.05, 3.63) is 255 Å². The lowest BCUT2D eigenvalue weighted by atomic mass is 9.83. The molecule has 2 aromatic heterocycles. The van der Waals surface area contributed by atoms with E-state index in [2.05, 4.69) is 243 Å². The first-order valence-electron chi connectivity index (χ1n) is 22.6. The summed E-state index contributed by atoms with van der Waals surface area (Å²) in [6.45, 7) is 0. The molecule has 2 nitrogen and oxygen atoms in total. The molecule has 0 fully saturated rings. The topological polar surface area (TPSA) is 25.8 Å². The summed E-state index contributed by atoms with van der Waals surface area (Å²) >= 11 is 0. The van der Waals surface area contributed by atoms with Crippen molar-refractivity contribution >= 4 is 32.3 Å². The van der Waals surface area contributed by atoms with E-state index in [4.69, 9.17) is 9.97 Å². The number of hydrogen-bond acceptors (Lipinski definition) is 2. The molecule has 0 spiro atoms. The SMILES string of the molecule is c1ccc(-c2ccc(-c3ccc(-c4c5ccccc5c(-c5ccc(-c6ccc(-c7ccccc7)nc6-c6ccccc6)c6ccccc56)c5ccccc45)cc3)c(-c3ccccc3)n2)cc1. The number of benzene rings is 10. The van der Waals surface area contributed by atoms with Gasteiger partial charge in [0, 0.05) is 33.4 Å². The molecule has 2 heterocycles. The second-order valence-corrected chi connectivity index (χ2v) is 16.8. The fourth-order valence-electron chi connectivity index (χ4n) is 9.84. The van der Waals surface area contributed by atoms with Crippen LogP contribution in [0, 0.1) is 0 Å². The van der Waals surface area contributed by atoms with Gasteiger partial charge in [0.2, 0.25) is 0 Å². The standard InChI is InChI=1S/C64H42N2/c1-5-19-44(20-6-1)59-41-39-49(63(65-59)47-23-9-3-10-24-47)43-33-35-46(36-34-43)61-53-29-15-17-31-55(53)62(56-32-18-16-30-54(56)61)57-38-37-52(50-27-13-14-28-51(50)57)58-40-42-60(45-21-7-2-8-22-45)66-64(58)48-25-11-4-12-26-48/h1-42H. The predicted octanol–water partition coefficient (Wildman–Crippen LogP) is 17.3. The Balaban J connectivity index is 1.01. The smallest absolute Gasteiger partial charge is 0.0788 e. The highest BCUT2D eigenvalue weighted by Gasteiger charge is 2.21. The van der Waals surface area contributed by atoms with Crippen LogP contribution in [0.2, 0.25) is 0 Å². The van der Waals surface area contributed by atoms with Crippen molar-refractivity contribution in [2.45, 2.75) is 0 Å². The number of fused-ring (bicyclic) bond motifs is 3. The van der Waals surface area contributed by atoms with Crippen LogP contribution in [0.5, 0.6) is 0 Å². The third-order valence-electron chi connectivity index (χ3n) is 12.9. The fraction of sp³-hybridized carbons (Fsp3) is 0. The van der Waals surface area contributed by atoms with Gasteiger partial charge in [-0.25, -0.2) is 9.97 Å². The van der Waals surface area contributed by atoms with Gasteiger partial charge in [-0.3, -0.25) is 0 Å². The summed E-state index contributed by atoms with van der Waals surface area (Å²) in [5, 5.41) is 7.28. The lowest BCUT2D eigenvalue weighted by molar-refractivity contribution is 1.32. The summed E-state index contributed by atoms with van der Waals surface area (Å²) in [6, 6.07) is 91.2. The minimum absolute atomic E-state index is 0.957. The summed E-state index contributed by atoms with van der Waals surface area (Å²) in [5.41, 5.74) is 17.6. The van der Waals surface area contributed by atoms with Gasteiger partial charge in [0.1, 0.15) is 0 Å². The highest BCUT2D eigenvalue weighted by Crippen LogP contribution is 2.47. The molecule has 0 saturated heterocycles. The van der Waals surface area contributed by atoms with Gasteiger partial charge in [-0.05, 0) is 83.9 Å². The van der Waals surface area contributed by atoms with E-state index in [1.165, 1.54) is 54.6 Å². The van der Waals surface area contributed by atoms with Crippen molar-refractivity contribution < 1.29 is 0 Å². The number of hydrogen-bond donors (Lipinski definition) is 0. The predicted molar refractivity (Wildman–Crippen MR) is 278 cm³/mol. The molecule has 0 aliphatic carbocycles. The van der Waals surface area contributed by atoms with Crippen LogP contribution in [0.15, 0.2) is 255 Å². The van der Waals surface area contributed by atoms with E-state index in [-0.39, 0.29) is 0 Å². The zero-order valence-corrected chi connectivity index (χ0v) is 36.1. The first kappa shape index (κ1) is 38.9. The molecular weight excluding hydrogens is 797 g/mol. The molecule has 10 aromatic carbocycles. The van der Waals surface area contributed by atoms with E-state index in [1.54, 1.807) is 0 Å². The van der Waals surface area contributed by atoms with Crippen molar-refractivity contribution in [1.82, 2.24) is 9.97 Å². The molecule has 0 aliphatic heterocycles. The Hall–Kier alpha value is -8.72. The minimum atomic E-state index is 0.957. The van der Waals surface area contributed by atoms with E-state index in [0.717, 1.165) is 67.3 Å². The van der Waals surface area contributed by atoms with Crippen molar-refractivity contribution in [1.29, 1.82) is 0 Å². The van der Waals surface area contributed by atoms with E-state index in [9.17, 15) is 0 Å². The molecule has 12 rings (SSSR count). The number of aromatic nitrogens is 2. The molecule has 0 atom stereocenters. The van der Waals surface area contributed by atoms with Gasteiger partial charge in [0.25, 0.3) is 0 Å². The van der Waals surface area contributed by atoms with Gasteiger partial charge < -0.3 is 0 Å². The first-order chi connectivity index (χ1) is 32.8. The normalized spacial score (nSPS) is 11.3. The summed E-state index contributed by atoms with van der Waals surface area (Å²) in [4.78, 5) is 10.6. The summed E-state index contributed by atoms with van der Waals surface area (Å²) in [6.07, 6.45) is 0. The molecule has 0 amide bonds. The Morgan fingerprint density at radius 3 is 1.00 bits per heavy atom. The van der Waals surface area contributed by atoms with Crippen LogP contribution < -0.4 is 0 Å². The largest absolute Gasteiger partial charge is 0.247 e. The highest BCUT2D eigenvalue weighted by molar-refractivity contribution is 6.24. The van der Waals surface area contributed by atoms with Crippen LogP contribution in [0.25, 0.3) is 122 Å². The minimum Gasteiger partial charge on any atom is -0.247 e. The van der Waals surface area contributed by atoms with E-state index in [0.29, 0.717) is 0 Å². The Morgan fingerprint density at radius 1 is 0.182 bits per heavy atom. The average Bonchev–Trinajstić information content (AvgIpc) is 3.41. The lowest BCUT2D eigenvalue weighted by Crippen LogP contribution is -1.95. The van der Waals surface area contributed by atoms with Crippen LogP contribution >= 0.6 is 0 Å². The van der Waals surface area contributed by atoms with Crippen molar-refractivity contribution in [2.75, 3.05) is 0 Å². The molecule has 308 valence electrons. The highest BCUT2D eigenvalue weighted by atomic mass is 14.7. The Bertz CT molecular complexity index is 3660. The molecular formula is C64H42N2. The molecule has 0 radical (unpaired) electrons. The third-order valence-corrected chi connectivity index (χ3v) is 12.9. The molecule has 2 heteroatoms. The van der Waals surface area contributed by atoms with Gasteiger partial charge in [-0.1, -0.05) is 237 Å². The maximum Gasteiger partial charge on any atom is 0.0788 e. The third kappa shape index (κ3) is 6.93. The Labute approximate surface area is 384 Å². The zero-order chi connectivity index (χ0) is 43.8. The Morgan fingerprint density at radius 2 is 0.515 bits per heavy atom. The van der Waals surface area contributed by atoms with E-state index < -0.39 is 0 Å². The summed E-state index contributed by atoms with van der Waals surface area (Å²) in [7, 11) is 0. The maximum absolute atomic E-state index is 5.35. The van der Waals surface area contributed by atoms with Crippen LogP contribution in [-0.4, -0.2) is 9.97 Å². The second kappa shape index (κ2) is 16.8. The summed E-state index contributed by atoms with van der Waals surface area (Å²) < 4.78 is 0. The van der Waals surface area contributed by atoms with Crippen molar-refractivity contribution in [3.8, 4) is 89.5 Å². The zero-order valence-electron chi connectivity index (χ0n) is 36.1. The van der Waals surface area contributed by atoms with Crippen molar-refractivity contribution in [3.63, 3.8) is 0 Å². The molecule has 0 unspecified atom stereocenters. The van der Waals surface area contributed by atoms with Gasteiger partial charge in [-0.15, -0.1) is 0 Å². The lowest BCUT2D eigenvalue weighted by Gasteiger charge is -2.20. The molecule has 0 saturated carbocycles. The van der Waals surface area contributed by atoms with E-state index in [1.807, 2.05) is 12.1 Å². The molecule has 0 bridgehead atoms. The number of nitrogens with zero attached hydrogens (tertiary/aromatic N) is 2. The number of pyridine rings is 2. The second-order valence-electron chi connectivity index (χ2n) is 16.8. The number of rotatable bonds is 8. The fourth-order valence-corrected chi connectivity index (χ4v) is 9.84. The van der Waals surface area contributed by atoms with Crippen LogP contribution in [0.4, 0.5) is 0 Å². The Kier molecular flexibility index (Phi) is 9.89. The monoisotopic (exact) mass is 838 g/mol. The van der Waals surface area contributed by atoms with Crippen LogP contribution in [0.3, 0.4) is 0 Å². The van der Waals surface area contributed by atoms with Gasteiger partial charge in [-0.2, -0.15) is 0 Å². The molecule has 12 aromatic rings. The molecule has 0 N–H and O–H groups in total.